The number of carbonyl (C=O) groups is 1. The van der Waals surface area contributed by atoms with Gasteiger partial charge in [-0.25, -0.2) is 8.42 Å². The topological polar surface area (TPSA) is 66.5 Å². The highest BCUT2D eigenvalue weighted by molar-refractivity contribution is 7.91. The molecular weight excluding hydrogens is 344 g/mol. The first kappa shape index (κ1) is 19.4. The molecule has 0 spiro atoms. The van der Waals surface area contributed by atoms with Gasteiger partial charge in [0.2, 0.25) is 5.91 Å². The summed E-state index contributed by atoms with van der Waals surface area (Å²) < 4.78 is 26.1. The van der Waals surface area contributed by atoms with Crippen molar-refractivity contribution >= 4 is 38.9 Å². The lowest BCUT2D eigenvalue weighted by atomic mass is 10.1. The highest BCUT2D eigenvalue weighted by Gasteiger charge is 2.24. The lowest BCUT2D eigenvalue weighted by Crippen LogP contribution is -2.41. The third-order valence-corrected chi connectivity index (χ3v) is 6.73. The van der Waals surface area contributed by atoms with Gasteiger partial charge in [0, 0.05) is 13.1 Å². The summed E-state index contributed by atoms with van der Waals surface area (Å²) in [4.78, 5) is 11.9. The van der Waals surface area contributed by atoms with E-state index >= 15 is 0 Å². The van der Waals surface area contributed by atoms with Gasteiger partial charge in [-0.1, -0.05) is 37.8 Å². The molecule has 0 aliphatic rings. The SMILES string of the molecule is CCCCCC(C)NC(=O)CN(C)S(=O)(=O)c1ccc(Cl)s1. The number of rotatable bonds is 9. The van der Waals surface area contributed by atoms with Crippen molar-refractivity contribution in [2.75, 3.05) is 13.6 Å². The highest BCUT2D eigenvalue weighted by Crippen LogP contribution is 2.27. The largest absolute Gasteiger partial charge is 0.353 e. The van der Waals surface area contributed by atoms with E-state index in [0.717, 1.165) is 41.3 Å². The van der Waals surface area contributed by atoms with Gasteiger partial charge < -0.3 is 5.32 Å². The van der Waals surface area contributed by atoms with Crippen LogP contribution in [0.1, 0.15) is 39.5 Å². The molecule has 0 aromatic carbocycles. The van der Waals surface area contributed by atoms with Crippen molar-refractivity contribution in [2.24, 2.45) is 0 Å². The molecule has 1 heterocycles. The molecule has 8 heteroatoms. The Morgan fingerprint density at radius 2 is 2.09 bits per heavy atom. The molecule has 1 aromatic rings. The number of carbonyl (C=O) groups excluding carboxylic acids is 1. The Kier molecular flexibility index (Phi) is 7.82. The summed E-state index contributed by atoms with van der Waals surface area (Å²) in [5.74, 6) is -0.294. The second kappa shape index (κ2) is 8.86. The molecule has 0 fully saturated rings. The number of nitrogens with zero attached hydrogens (tertiary/aromatic N) is 1. The van der Waals surface area contributed by atoms with Crippen LogP contribution in [0, 0.1) is 0 Å². The summed E-state index contributed by atoms with van der Waals surface area (Å²) in [5, 5.41) is 2.83. The van der Waals surface area contributed by atoms with Crippen molar-refractivity contribution in [1.29, 1.82) is 0 Å². The molecule has 0 saturated carbocycles. The van der Waals surface area contributed by atoms with Crippen LogP contribution in [0.4, 0.5) is 0 Å². The van der Waals surface area contributed by atoms with Crippen LogP contribution in [0.25, 0.3) is 0 Å². The normalized spacial score (nSPS) is 13.3. The van der Waals surface area contributed by atoms with Gasteiger partial charge in [-0.2, -0.15) is 4.31 Å². The molecule has 1 rings (SSSR count). The van der Waals surface area contributed by atoms with Crippen LogP contribution in [-0.2, 0) is 14.8 Å². The maximum atomic E-state index is 12.3. The molecule has 0 saturated heterocycles. The molecule has 1 N–H and O–H groups in total. The molecule has 22 heavy (non-hydrogen) atoms. The number of thiophene rings is 1. The third kappa shape index (κ3) is 5.87. The van der Waals surface area contributed by atoms with E-state index in [9.17, 15) is 13.2 Å². The Morgan fingerprint density at radius 1 is 1.41 bits per heavy atom. The number of sulfonamides is 1. The zero-order chi connectivity index (χ0) is 16.8. The van der Waals surface area contributed by atoms with Gasteiger partial charge in [-0.3, -0.25) is 4.79 Å². The fraction of sp³-hybridized carbons (Fsp3) is 0.643. The number of likely N-dealkylation sites (N-methyl/N-ethyl adjacent to an activating group) is 1. The van der Waals surface area contributed by atoms with Crippen LogP contribution < -0.4 is 5.32 Å². The van der Waals surface area contributed by atoms with Gasteiger partial charge in [0.1, 0.15) is 4.21 Å². The summed E-state index contributed by atoms with van der Waals surface area (Å²) in [6.45, 7) is 3.86. The fourth-order valence-corrected chi connectivity index (χ4v) is 4.79. The third-order valence-electron chi connectivity index (χ3n) is 3.23. The van der Waals surface area contributed by atoms with Crippen molar-refractivity contribution in [3.8, 4) is 0 Å². The van der Waals surface area contributed by atoms with Gasteiger partial charge in [0.25, 0.3) is 10.0 Å². The standard InChI is InChI=1S/C14H23ClN2O3S2/c1-4-5-6-7-11(2)16-13(18)10-17(3)22(19,20)14-9-8-12(15)21-14/h8-9,11H,4-7,10H2,1-3H3,(H,16,18). The van der Waals surface area contributed by atoms with Crippen LogP contribution in [0.2, 0.25) is 4.34 Å². The molecule has 0 radical (unpaired) electrons. The average molecular weight is 367 g/mol. The Morgan fingerprint density at radius 3 is 2.64 bits per heavy atom. The summed E-state index contributed by atoms with van der Waals surface area (Å²) in [7, 11) is -2.27. The first-order chi connectivity index (χ1) is 10.3. The monoisotopic (exact) mass is 366 g/mol. The summed E-state index contributed by atoms with van der Waals surface area (Å²) in [5.41, 5.74) is 0. The van der Waals surface area contributed by atoms with E-state index in [4.69, 9.17) is 11.6 Å². The zero-order valence-electron chi connectivity index (χ0n) is 13.1. The smallest absolute Gasteiger partial charge is 0.252 e. The summed E-state index contributed by atoms with van der Waals surface area (Å²) >= 11 is 6.74. The van der Waals surface area contributed by atoms with E-state index in [2.05, 4.69) is 12.2 Å². The van der Waals surface area contributed by atoms with Crippen molar-refractivity contribution in [3.05, 3.63) is 16.5 Å². The molecule has 0 bridgehead atoms. The van der Waals surface area contributed by atoms with Crippen molar-refractivity contribution in [3.63, 3.8) is 0 Å². The first-order valence-corrected chi connectivity index (χ1v) is 9.91. The second-order valence-corrected chi connectivity index (χ2v) is 9.27. The maximum Gasteiger partial charge on any atom is 0.252 e. The lowest BCUT2D eigenvalue weighted by Gasteiger charge is -2.18. The molecule has 0 aliphatic heterocycles. The average Bonchev–Trinajstić information content (AvgIpc) is 2.86. The Balaban J connectivity index is 2.53. The van der Waals surface area contributed by atoms with Crippen LogP contribution in [0.3, 0.4) is 0 Å². The Labute approximate surface area is 141 Å². The number of nitrogens with one attached hydrogen (secondary N) is 1. The molecule has 1 aromatic heterocycles. The van der Waals surface area contributed by atoms with Crippen LogP contribution in [0.15, 0.2) is 16.3 Å². The van der Waals surface area contributed by atoms with E-state index in [0.29, 0.717) is 4.34 Å². The van der Waals surface area contributed by atoms with Crippen LogP contribution in [-0.4, -0.2) is 38.3 Å². The van der Waals surface area contributed by atoms with Crippen molar-refractivity contribution in [2.45, 2.75) is 49.8 Å². The molecular formula is C14H23ClN2O3S2. The fourth-order valence-electron chi connectivity index (χ4n) is 1.97. The van der Waals surface area contributed by atoms with Gasteiger partial charge in [-0.05, 0) is 25.5 Å². The van der Waals surface area contributed by atoms with E-state index in [1.165, 1.54) is 19.2 Å². The number of unbranched alkanes of at least 4 members (excludes halogenated alkanes) is 2. The van der Waals surface area contributed by atoms with E-state index in [1.54, 1.807) is 0 Å². The number of hydrogen-bond acceptors (Lipinski definition) is 4. The molecule has 5 nitrogen and oxygen atoms in total. The molecule has 126 valence electrons. The highest BCUT2D eigenvalue weighted by atomic mass is 35.5. The number of halogens is 1. The van der Waals surface area contributed by atoms with Gasteiger partial charge >= 0.3 is 0 Å². The van der Waals surface area contributed by atoms with Crippen molar-refractivity contribution < 1.29 is 13.2 Å². The van der Waals surface area contributed by atoms with Gasteiger partial charge in [-0.15, -0.1) is 11.3 Å². The van der Waals surface area contributed by atoms with Crippen LogP contribution >= 0.6 is 22.9 Å². The molecule has 1 amide bonds. The Bertz CT molecular complexity index is 587. The maximum absolute atomic E-state index is 12.3. The predicted molar refractivity (Wildman–Crippen MR) is 90.9 cm³/mol. The minimum Gasteiger partial charge on any atom is -0.353 e. The van der Waals surface area contributed by atoms with E-state index in [-0.39, 0.29) is 22.7 Å². The molecule has 0 aliphatic carbocycles. The van der Waals surface area contributed by atoms with Gasteiger partial charge in [0.05, 0.1) is 10.9 Å². The summed E-state index contributed by atoms with van der Waals surface area (Å²) in [6, 6.07) is 3.03. The summed E-state index contributed by atoms with van der Waals surface area (Å²) in [6.07, 6.45) is 4.22. The van der Waals surface area contributed by atoms with E-state index in [1.807, 2.05) is 6.92 Å². The van der Waals surface area contributed by atoms with Gasteiger partial charge in [0.15, 0.2) is 0 Å². The predicted octanol–water partition coefficient (Wildman–Crippen LogP) is 3.11. The number of amides is 1. The first-order valence-electron chi connectivity index (χ1n) is 7.28. The minimum absolute atomic E-state index is 0.0475. The van der Waals surface area contributed by atoms with E-state index < -0.39 is 10.0 Å². The molecule has 1 unspecified atom stereocenters. The van der Waals surface area contributed by atoms with Crippen molar-refractivity contribution in [1.82, 2.24) is 9.62 Å². The number of hydrogen-bond donors (Lipinski definition) is 1. The van der Waals surface area contributed by atoms with Crippen LogP contribution in [0.5, 0.6) is 0 Å². The quantitative estimate of drug-likeness (QED) is 0.683. The minimum atomic E-state index is -3.66. The Hall–Kier alpha value is -0.630. The lowest BCUT2D eigenvalue weighted by molar-refractivity contribution is -0.121. The zero-order valence-corrected chi connectivity index (χ0v) is 15.5. The second-order valence-electron chi connectivity index (χ2n) is 5.28. The molecule has 1 atom stereocenters.